The number of nitrogens with one attached hydrogen (secondary N) is 3. The number of methoxy groups -OCH3 is 1. The summed E-state index contributed by atoms with van der Waals surface area (Å²) in [5.41, 5.74) is -3.24. The first-order chi connectivity index (χ1) is 23.7. The van der Waals surface area contributed by atoms with Crippen molar-refractivity contribution in [3.05, 3.63) is 42.1 Å². The number of carbonyl (C=O) groups excluding carboxylic acids is 4. The van der Waals surface area contributed by atoms with Gasteiger partial charge in [0.05, 0.1) is 23.9 Å². The first-order valence-corrected chi connectivity index (χ1v) is 18.7. The molecule has 1 aromatic carbocycles. The van der Waals surface area contributed by atoms with Gasteiger partial charge in [-0.25, -0.2) is 18.2 Å². The van der Waals surface area contributed by atoms with Crippen molar-refractivity contribution in [2.24, 2.45) is 11.3 Å². The van der Waals surface area contributed by atoms with Gasteiger partial charge in [-0.15, -0.1) is 6.58 Å². The van der Waals surface area contributed by atoms with Gasteiger partial charge in [0.2, 0.25) is 27.7 Å². The van der Waals surface area contributed by atoms with E-state index in [0.717, 1.165) is 0 Å². The van der Waals surface area contributed by atoms with E-state index in [4.69, 9.17) is 25.8 Å². The molecule has 2 saturated carbocycles. The number of ether oxygens (including phenoxy) is 3. The summed E-state index contributed by atoms with van der Waals surface area (Å²) in [6, 6.07) is 2.79. The Morgan fingerprint density at radius 3 is 2.35 bits per heavy atom. The molecule has 2 aliphatic carbocycles. The van der Waals surface area contributed by atoms with Crippen molar-refractivity contribution in [2.75, 3.05) is 13.7 Å². The van der Waals surface area contributed by atoms with Gasteiger partial charge in [-0.05, 0) is 63.6 Å². The molecule has 0 radical (unpaired) electrons. The Morgan fingerprint density at radius 1 is 1.10 bits per heavy atom. The van der Waals surface area contributed by atoms with Gasteiger partial charge < -0.3 is 29.7 Å². The Kier molecular flexibility index (Phi) is 10.3. The van der Waals surface area contributed by atoms with E-state index >= 15 is 0 Å². The molecular formula is C35H46ClN5O9S. The van der Waals surface area contributed by atoms with E-state index in [1.165, 1.54) is 24.3 Å². The summed E-state index contributed by atoms with van der Waals surface area (Å²) in [6.07, 6.45) is 2.46. The molecule has 1 aliphatic heterocycles. The molecule has 3 aliphatic rings. The zero-order chi connectivity index (χ0) is 37.7. The van der Waals surface area contributed by atoms with Crippen molar-refractivity contribution >= 4 is 56.2 Å². The van der Waals surface area contributed by atoms with Crippen molar-refractivity contribution in [1.29, 1.82) is 0 Å². The highest BCUT2D eigenvalue weighted by Gasteiger charge is 2.62. The third kappa shape index (κ3) is 8.19. The van der Waals surface area contributed by atoms with Gasteiger partial charge in [0, 0.05) is 29.3 Å². The Bertz CT molecular complexity index is 1850. The quantitative estimate of drug-likeness (QED) is 0.286. The summed E-state index contributed by atoms with van der Waals surface area (Å²) in [5.74, 6) is -2.02. The van der Waals surface area contributed by atoms with E-state index in [9.17, 15) is 27.6 Å². The number of halogens is 1. The smallest absolute Gasteiger partial charge is 0.408 e. The van der Waals surface area contributed by atoms with Gasteiger partial charge in [0.15, 0.2) is 0 Å². The van der Waals surface area contributed by atoms with Gasteiger partial charge >= 0.3 is 6.09 Å². The van der Waals surface area contributed by atoms with Crippen LogP contribution in [0.5, 0.6) is 11.6 Å². The molecule has 14 nitrogen and oxygen atoms in total. The first-order valence-electron chi connectivity index (χ1n) is 16.8. The summed E-state index contributed by atoms with van der Waals surface area (Å²) in [7, 11) is -2.41. The van der Waals surface area contributed by atoms with Crippen molar-refractivity contribution in [1.82, 2.24) is 25.2 Å². The van der Waals surface area contributed by atoms with Crippen LogP contribution in [0.25, 0.3) is 10.8 Å². The van der Waals surface area contributed by atoms with Crippen LogP contribution in [0, 0.1) is 11.3 Å². The number of hydrogen-bond acceptors (Lipinski definition) is 10. The highest BCUT2D eigenvalue weighted by Crippen LogP contribution is 2.46. The number of benzene rings is 1. The Balaban J connectivity index is 1.46. The van der Waals surface area contributed by atoms with Crippen molar-refractivity contribution in [3.8, 4) is 11.6 Å². The fourth-order valence-electron chi connectivity index (χ4n) is 6.27. The molecule has 3 N–H and O–H groups in total. The third-order valence-electron chi connectivity index (χ3n) is 9.17. The largest absolute Gasteiger partial charge is 0.495 e. The average molecular weight is 748 g/mol. The van der Waals surface area contributed by atoms with Gasteiger partial charge in [0.1, 0.15) is 35.1 Å². The molecule has 0 unspecified atom stereocenters. The molecule has 3 fully saturated rings. The molecule has 4 amide bonds. The third-order valence-corrected chi connectivity index (χ3v) is 11.3. The molecule has 1 aromatic heterocycles. The molecule has 2 aromatic rings. The molecule has 1 saturated heterocycles. The minimum absolute atomic E-state index is 0.0134. The van der Waals surface area contributed by atoms with E-state index in [-0.39, 0.29) is 25.3 Å². The van der Waals surface area contributed by atoms with Crippen LogP contribution in [-0.2, 0) is 29.1 Å². The van der Waals surface area contributed by atoms with Gasteiger partial charge in [-0.2, -0.15) is 0 Å². The number of amides is 4. The van der Waals surface area contributed by atoms with Crippen LogP contribution >= 0.6 is 11.6 Å². The number of fused-ring (bicyclic) bond motifs is 1. The number of hydrogen-bond donors (Lipinski definition) is 3. The normalized spacial score (nSPS) is 23.9. The van der Waals surface area contributed by atoms with Crippen LogP contribution in [0.3, 0.4) is 0 Å². The van der Waals surface area contributed by atoms with Crippen LogP contribution in [0.2, 0.25) is 5.02 Å². The second kappa shape index (κ2) is 13.8. The van der Waals surface area contributed by atoms with Crippen molar-refractivity contribution in [3.63, 3.8) is 0 Å². The maximum atomic E-state index is 14.4. The molecule has 16 heteroatoms. The summed E-state index contributed by atoms with van der Waals surface area (Å²) in [5, 5.41) is 6.42. The number of aromatic nitrogens is 1. The Morgan fingerprint density at radius 2 is 1.78 bits per heavy atom. The van der Waals surface area contributed by atoms with Gasteiger partial charge in [-0.3, -0.25) is 19.1 Å². The van der Waals surface area contributed by atoms with Crippen molar-refractivity contribution in [2.45, 2.75) is 102 Å². The van der Waals surface area contributed by atoms with E-state index in [0.29, 0.717) is 34.4 Å². The highest BCUT2D eigenvalue weighted by atomic mass is 35.5. The fraction of sp³-hybridized carbons (Fsp3) is 0.571. The fourth-order valence-corrected chi connectivity index (χ4v) is 7.87. The number of rotatable bonds is 11. The van der Waals surface area contributed by atoms with Crippen LogP contribution in [0.15, 0.2) is 37.1 Å². The maximum Gasteiger partial charge on any atom is 0.408 e. The second-order valence-corrected chi connectivity index (χ2v) is 17.8. The minimum Gasteiger partial charge on any atom is -0.495 e. The zero-order valence-electron chi connectivity index (χ0n) is 29.9. The summed E-state index contributed by atoms with van der Waals surface area (Å²) in [6.45, 7) is 14.1. The number of nitrogens with zero attached hydrogens (tertiary/aromatic N) is 2. The molecule has 5 rings (SSSR count). The Hall–Kier alpha value is -4.11. The number of alkyl carbamates (subject to hydrolysis) is 1. The summed E-state index contributed by atoms with van der Waals surface area (Å²) >= 11 is 6.34. The van der Waals surface area contributed by atoms with Crippen LogP contribution < -0.4 is 24.8 Å². The molecule has 0 bridgehead atoms. The van der Waals surface area contributed by atoms with E-state index < -0.39 is 79.7 Å². The lowest BCUT2D eigenvalue weighted by atomic mass is 9.85. The lowest BCUT2D eigenvalue weighted by Crippen LogP contribution is -2.60. The summed E-state index contributed by atoms with van der Waals surface area (Å²) in [4.78, 5) is 60.8. The molecule has 2 heterocycles. The number of pyridine rings is 1. The number of sulfonamides is 1. The van der Waals surface area contributed by atoms with Crippen molar-refractivity contribution < 1.29 is 41.8 Å². The molecule has 0 spiro atoms. The van der Waals surface area contributed by atoms with E-state index in [1.54, 1.807) is 59.7 Å². The SMILES string of the molecule is C=C[C@@H]1C[C@]1(NC(=O)[C@@H]1C[C@@H](Oc2nccc3c(OC)c(Cl)ccc23)CN1C(=O)[C@@H](NC(=O)OC(C)(C)C)C(C)(C)C)C(=O)NS(=O)(=O)C1CC1. The topological polar surface area (TPSA) is 182 Å². The highest BCUT2D eigenvalue weighted by molar-refractivity contribution is 7.91. The summed E-state index contributed by atoms with van der Waals surface area (Å²) < 4.78 is 44.8. The Labute approximate surface area is 303 Å². The zero-order valence-corrected chi connectivity index (χ0v) is 31.4. The van der Waals surface area contributed by atoms with Crippen LogP contribution in [0.4, 0.5) is 4.79 Å². The monoisotopic (exact) mass is 747 g/mol. The van der Waals surface area contributed by atoms with Crippen LogP contribution in [-0.4, -0.2) is 90.3 Å². The predicted octanol–water partition coefficient (Wildman–Crippen LogP) is 3.85. The van der Waals surface area contributed by atoms with E-state index in [1.807, 2.05) is 0 Å². The maximum absolute atomic E-state index is 14.4. The van der Waals surface area contributed by atoms with Gasteiger partial charge in [-0.1, -0.05) is 38.4 Å². The van der Waals surface area contributed by atoms with E-state index in [2.05, 4.69) is 26.9 Å². The number of carbonyl (C=O) groups is 4. The molecular weight excluding hydrogens is 702 g/mol. The first kappa shape index (κ1) is 38.1. The molecule has 278 valence electrons. The predicted molar refractivity (Wildman–Crippen MR) is 190 cm³/mol. The minimum atomic E-state index is -3.91. The molecule has 5 atom stereocenters. The second-order valence-electron chi connectivity index (χ2n) is 15.4. The van der Waals surface area contributed by atoms with Crippen LogP contribution in [0.1, 0.15) is 67.2 Å². The lowest BCUT2D eigenvalue weighted by molar-refractivity contribution is -0.143. The average Bonchev–Trinajstić information content (AvgIpc) is 3.95. The lowest BCUT2D eigenvalue weighted by Gasteiger charge is -2.36. The number of likely N-dealkylation sites (tertiary alicyclic amines) is 1. The van der Waals surface area contributed by atoms with Gasteiger partial charge in [0.25, 0.3) is 5.91 Å². The standard InChI is InChI=1S/C35H46ClN5O9S/c1-9-19-17-35(19,31(44)40-51(46,47)21-10-11-21)39-28(42)25-16-20(49-29-23-12-13-24(36)26(48-8)22(23)14-15-37-29)18-41(25)30(43)27(33(2,3)4)38-32(45)50-34(5,6)7/h9,12-15,19-21,25,27H,1,10-11,16-18H2,2-8H3,(H,38,45)(H,39,42)(H,40,44)/t19-,20-,25+,27-,35-/m1/s1. The molecule has 51 heavy (non-hydrogen) atoms.